The number of nitrogens with one attached hydrogen (secondary N) is 1. The van der Waals surface area contributed by atoms with Crippen LogP contribution in [0.2, 0.25) is 0 Å². The third kappa shape index (κ3) is 4.13. The van der Waals surface area contributed by atoms with Crippen molar-refractivity contribution in [3.05, 3.63) is 30.1 Å². The van der Waals surface area contributed by atoms with Gasteiger partial charge in [0.25, 0.3) is 0 Å². The molecule has 0 unspecified atom stereocenters. The predicted molar refractivity (Wildman–Crippen MR) is 66.7 cm³/mol. The van der Waals surface area contributed by atoms with Gasteiger partial charge in [-0.2, -0.15) is 0 Å². The first-order chi connectivity index (χ1) is 7.95. The number of nitrogens with zero attached hydrogens (tertiary/aromatic N) is 2. The summed E-state index contributed by atoms with van der Waals surface area (Å²) >= 11 is 0. The van der Waals surface area contributed by atoms with Crippen LogP contribution >= 0.6 is 0 Å². The van der Waals surface area contributed by atoms with E-state index in [9.17, 15) is 4.79 Å². The van der Waals surface area contributed by atoms with Crippen LogP contribution < -0.4 is 11.3 Å². The molecule has 0 radical (unpaired) electrons. The van der Waals surface area contributed by atoms with E-state index in [0.29, 0.717) is 6.54 Å². The highest BCUT2D eigenvalue weighted by Crippen LogP contribution is 2.17. The molecule has 1 aromatic rings. The highest BCUT2D eigenvalue weighted by molar-refractivity contribution is 5.81. The Morgan fingerprint density at radius 2 is 2.06 bits per heavy atom. The number of rotatable bonds is 5. The van der Waals surface area contributed by atoms with Crippen molar-refractivity contribution in [1.82, 2.24) is 15.3 Å². The first-order valence-corrected chi connectivity index (χ1v) is 5.54. The molecule has 0 saturated carbocycles. The van der Waals surface area contributed by atoms with Crippen LogP contribution in [0.5, 0.6) is 0 Å². The van der Waals surface area contributed by atoms with Crippen LogP contribution in [0, 0.1) is 5.41 Å². The summed E-state index contributed by atoms with van der Waals surface area (Å²) < 4.78 is 0. The molecule has 3 N–H and O–H groups in total. The highest BCUT2D eigenvalue weighted by atomic mass is 16.2. The van der Waals surface area contributed by atoms with Crippen LogP contribution in [0.15, 0.2) is 24.5 Å². The van der Waals surface area contributed by atoms with Gasteiger partial charge in [0, 0.05) is 25.5 Å². The summed E-state index contributed by atoms with van der Waals surface area (Å²) in [5.41, 5.74) is 2.87. The fourth-order valence-corrected chi connectivity index (χ4v) is 1.80. The Hall–Kier alpha value is -1.46. The number of amides is 1. The lowest BCUT2D eigenvalue weighted by Crippen LogP contribution is -2.46. The maximum atomic E-state index is 11.5. The zero-order chi connectivity index (χ0) is 12.9. The number of carbonyl (C=O) groups excluding carboxylic acids is 1. The summed E-state index contributed by atoms with van der Waals surface area (Å²) in [6.07, 6.45) is 3.53. The second kappa shape index (κ2) is 5.75. The minimum atomic E-state index is -0.503. The maximum absolute atomic E-state index is 11.5. The summed E-state index contributed by atoms with van der Waals surface area (Å²) in [6.45, 7) is 5.17. The van der Waals surface area contributed by atoms with E-state index in [2.05, 4.69) is 15.3 Å². The second-order valence-electron chi connectivity index (χ2n) is 4.89. The van der Waals surface area contributed by atoms with Crippen molar-refractivity contribution < 1.29 is 4.79 Å². The molecule has 0 bridgehead atoms. The van der Waals surface area contributed by atoms with E-state index in [1.54, 1.807) is 12.4 Å². The summed E-state index contributed by atoms with van der Waals surface area (Å²) in [7, 11) is 1.98. The fourth-order valence-electron chi connectivity index (χ4n) is 1.80. The molecule has 0 aromatic carbocycles. The Labute approximate surface area is 102 Å². The predicted octanol–water partition coefficient (Wildman–Crippen LogP) is 0.529. The summed E-state index contributed by atoms with van der Waals surface area (Å²) in [5.74, 6) is 5.01. The van der Waals surface area contributed by atoms with Gasteiger partial charge in [0.2, 0.25) is 5.91 Å². The van der Waals surface area contributed by atoms with Gasteiger partial charge in [-0.3, -0.25) is 15.2 Å². The average molecular weight is 236 g/mol. The molecule has 1 aromatic heterocycles. The molecule has 17 heavy (non-hydrogen) atoms. The van der Waals surface area contributed by atoms with Gasteiger partial charge in [0.1, 0.15) is 0 Å². The van der Waals surface area contributed by atoms with Crippen LogP contribution in [0.25, 0.3) is 0 Å². The molecular weight excluding hydrogens is 216 g/mol. The van der Waals surface area contributed by atoms with Gasteiger partial charge >= 0.3 is 0 Å². The number of hydrazine groups is 1. The lowest BCUT2D eigenvalue weighted by atomic mass is 9.92. The highest BCUT2D eigenvalue weighted by Gasteiger charge is 2.28. The molecule has 0 saturated heterocycles. The van der Waals surface area contributed by atoms with Crippen LogP contribution in [0.4, 0.5) is 0 Å². The van der Waals surface area contributed by atoms with Crippen LogP contribution in [0.3, 0.4) is 0 Å². The minimum Gasteiger partial charge on any atom is -0.301 e. The number of carbonyl (C=O) groups is 1. The Bertz CT molecular complexity index is 364. The molecule has 94 valence electrons. The molecule has 1 heterocycles. The molecule has 0 fully saturated rings. The minimum absolute atomic E-state index is 0.154. The normalized spacial score (nSPS) is 11.6. The molecule has 0 aliphatic heterocycles. The number of hydrogen-bond donors (Lipinski definition) is 2. The average Bonchev–Trinajstić information content (AvgIpc) is 2.28. The summed E-state index contributed by atoms with van der Waals surface area (Å²) in [4.78, 5) is 17.6. The van der Waals surface area contributed by atoms with E-state index in [-0.39, 0.29) is 5.91 Å². The van der Waals surface area contributed by atoms with Gasteiger partial charge in [0.05, 0.1) is 5.41 Å². The van der Waals surface area contributed by atoms with Gasteiger partial charge in [-0.1, -0.05) is 0 Å². The monoisotopic (exact) mass is 236 g/mol. The second-order valence-corrected chi connectivity index (χ2v) is 4.89. The molecule has 5 nitrogen and oxygen atoms in total. The van der Waals surface area contributed by atoms with E-state index >= 15 is 0 Å². The Kier molecular flexibility index (Phi) is 4.60. The van der Waals surface area contributed by atoms with Gasteiger partial charge in [-0.15, -0.1) is 0 Å². The Morgan fingerprint density at radius 3 is 2.59 bits per heavy atom. The molecule has 5 heteroatoms. The zero-order valence-electron chi connectivity index (χ0n) is 10.6. The van der Waals surface area contributed by atoms with Crippen molar-refractivity contribution in [3.8, 4) is 0 Å². The van der Waals surface area contributed by atoms with Crippen molar-refractivity contribution in [2.75, 3.05) is 13.6 Å². The number of pyridine rings is 1. The van der Waals surface area contributed by atoms with E-state index in [0.717, 1.165) is 6.54 Å². The van der Waals surface area contributed by atoms with Gasteiger partial charge < -0.3 is 4.90 Å². The van der Waals surface area contributed by atoms with E-state index in [1.165, 1.54) is 5.56 Å². The first kappa shape index (κ1) is 13.6. The van der Waals surface area contributed by atoms with Gasteiger partial charge in [-0.05, 0) is 38.6 Å². The van der Waals surface area contributed by atoms with Crippen molar-refractivity contribution in [2.24, 2.45) is 11.3 Å². The lowest BCUT2D eigenvalue weighted by Gasteiger charge is -2.28. The number of nitrogens with two attached hydrogens (primary N) is 1. The first-order valence-electron chi connectivity index (χ1n) is 5.54. The SMILES string of the molecule is CN(Cc1ccncc1)CC(C)(C)C(=O)NN. The molecular formula is C12H20N4O. The Morgan fingerprint density at radius 1 is 1.47 bits per heavy atom. The van der Waals surface area contributed by atoms with E-state index in [1.807, 2.05) is 33.0 Å². The Balaban J connectivity index is 2.55. The number of aromatic nitrogens is 1. The van der Waals surface area contributed by atoms with Crippen LogP contribution in [0.1, 0.15) is 19.4 Å². The smallest absolute Gasteiger partial charge is 0.240 e. The zero-order valence-corrected chi connectivity index (χ0v) is 10.6. The van der Waals surface area contributed by atoms with Crippen molar-refractivity contribution >= 4 is 5.91 Å². The topological polar surface area (TPSA) is 71.2 Å². The third-order valence-electron chi connectivity index (χ3n) is 2.61. The molecule has 0 spiro atoms. The molecule has 1 rings (SSSR count). The summed E-state index contributed by atoms with van der Waals surface area (Å²) in [5, 5.41) is 0. The molecule has 0 aliphatic carbocycles. The van der Waals surface area contributed by atoms with Crippen molar-refractivity contribution in [1.29, 1.82) is 0 Å². The fraction of sp³-hybridized carbons (Fsp3) is 0.500. The van der Waals surface area contributed by atoms with Gasteiger partial charge in [0.15, 0.2) is 0 Å². The third-order valence-corrected chi connectivity index (χ3v) is 2.61. The maximum Gasteiger partial charge on any atom is 0.240 e. The molecule has 0 aliphatic rings. The lowest BCUT2D eigenvalue weighted by molar-refractivity contribution is -0.130. The standard InChI is InChI=1S/C12H20N4O/c1-12(2,11(17)15-13)9-16(3)8-10-4-6-14-7-5-10/h4-7H,8-9,13H2,1-3H3,(H,15,17). The van der Waals surface area contributed by atoms with E-state index < -0.39 is 5.41 Å². The van der Waals surface area contributed by atoms with E-state index in [4.69, 9.17) is 5.84 Å². The van der Waals surface area contributed by atoms with Crippen LogP contribution in [-0.2, 0) is 11.3 Å². The van der Waals surface area contributed by atoms with Crippen molar-refractivity contribution in [3.63, 3.8) is 0 Å². The van der Waals surface area contributed by atoms with Crippen molar-refractivity contribution in [2.45, 2.75) is 20.4 Å². The van der Waals surface area contributed by atoms with Gasteiger partial charge in [-0.25, -0.2) is 5.84 Å². The number of hydrogen-bond acceptors (Lipinski definition) is 4. The molecule has 1 amide bonds. The summed E-state index contributed by atoms with van der Waals surface area (Å²) in [6, 6.07) is 3.93. The quantitative estimate of drug-likeness (QED) is 0.444. The largest absolute Gasteiger partial charge is 0.301 e. The molecule has 0 atom stereocenters. The van der Waals surface area contributed by atoms with Crippen LogP contribution in [-0.4, -0.2) is 29.4 Å².